The van der Waals surface area contributed by atoms with E-state index in [9.17, 15) is 19.2 Å². The minimum absolute atomic E-state index is 0.378. The van der Waals surface area contributed by atoms with Gasteiger partial charge in [-0.15, -0.1) is 0 Å². The zero-order valence-electron chi connectivity index (χ0n) is 34.5. The van der Waals surface area contributed by atoms with E-state index in [-0.39, 0.29) is 0 Å². The van der Waals surface area contributed by atoms with Crippen molar-refractivity contribution in [3.8, 4) is 34.1 Å². The van der Waals surface area contributed by atoms with Crippen LogP contribution in [0.1, 0.15) is 98.1 Å². The lowest BCUT2D eigenvalue weighted by molar-refractivity contribution is -0.138. The Morgan fingerprint density at radius 1 is 0.542 bits per heavy atom. The number of ether oxygens (including phenoxy) is 6. The molecule has 0 aromatic heterocycles. The van der Waals surface area contributed by atoms with Crippen LogP contribution >= 0.6 is 0 Å². The van der Waals surface area contributed by atoms with E-state index in [1.54, 1.807) is 60.7 Å². The highest BCUT2D eigenvalue weighted by Crippen LogP contribution is 2.50. The number of hydrogen-bond donors (Lipinski definition) is 0. The average molecular weight is 803 g/mol. The summed E-state index contributed by atoms with van der Waals surface area (Å²) in [6, 6.07) is 25.1. The molecule has 2 atom stereocenters. The Kier molecular flexibility index (Phi) is 15.7. The maximum Gasteiger partial charge on any atom is 0.343 e. The largest absolute Gasteiger partial charge is 0.494 e. The van der Waals surface area contributed by atoms with Crippen LogP contribution in [0.2, 0.25) is 0 Å². The molecule has 310 valence electrons. The van der Waals surface area contributed by atoms with E-state index in [0.29, 0.717) is 72.4 Å². The van der Waals surface area contributed by atoms with Crippen molar-refractivity contribution < 1.29 is 47.6 Å². The number of carbonyl (C=O) groups excluding carboxylic acids is 4. The fraction of sp³-hybridized carbons (Fsp3) is 0.347. The third-order valence-corrected chi connectivity index (χ3v) is 10.5. The molecule has 4 aromatic carbocycles. The van der Waals surface area contributed by atoms with Gasteiger partial charge in [0.25, 0.3) is 0 Å². The monoisotopic (exact) mass is 802 g/mol. The summed E-state index contributed by atoms with van der Waals surface area (Å²) in [5.74, 6) is 1.23. The number of rotatable bonds is 22. The smallest absolute Gasteiger partial charge is 0.343 e. The summed E-state index contributed by atoms with van der Waals surface area (Å²) in [4.78, 5) is 48.6. The van der Waals surface area contributed by atoms with Gasteiger partial charge < -0.3 is 28.4 Å². The van der Waals surface area contributed by atoms with E-state index in [4.69, 9.17) is 28.4 Å². The predicted octanol–water partition coefficient (Wildman–Crippen LogP) is 10.3. The van der Waals surface area contributed by atoms with Gasteiger partial charge in [-0.2, -0.15) is 0 Å². The molecule has 1 aliphatic rings. The second-order valence-electron chi connectivity index (χ2n) is 15.4. The zero-order chi connectivity index (χ0) is 42.4. The zero-order valence-corrected chi connectivity index (χ0v) is 34.5. The van der Waals surface area contributed by atoms with Crippen molar-refractivity contribution in [2.24, 2.45) is 11.8 Å². The van der Waals surface area contributed by atoms with Crippen LogP contribution in [0.15, 0.2) is 110 Å². The minimum atomic E-state index is -0.476. The van der Waals surface area contributed by atoms with Gasteiger partial charge in [-0.05, 0) is 145 Å². The molecule has 0 radical (unpaired) electrons. The highest BCUT2D eigenvalue weighted by Gasteiger charge is 2.36. The molecule has 0 fully saturated rings. The molecule has 0 amide bonds. The Bertz CT molecular complexity index is 1950. The Morgan fingerprint density at radius 2 is 0.915 bits per heavy atom. The summed E-state index contributed by atoms with van der Waals surface area (Å²) in [6.45, 7) is 17.1. The fourth-order valence-corrected chi connectivity index (χ4v) is 6.90. The molecule has 1 aliphatic carbocycles. The molecule has 0 heterocycles. The van der Waals surface area contributed by atoms with E-state index in [1.165, 1.54) is 0 Å². The van der Waals surface area contributed by atoms with Gasteiger partial charge in [0, 0.05) is 17.6 Å². The first-order chi connectivity index (χ1) is 28.4. The first-order valence-corrected chi connectivity index (χ1v) is 20.2. The first-order valence-electron chi connectivity index (χ1n) is 20.2. The van der Waals surface area contributed by atoms with Gasteiger partial charge in [-0.3, -0.25) is 0 Å². The van der Waals surface area contributed by atoms with Crippen LogP contribution in [0.5, 0.6) is 23.0 Å². The van der Waals surface area contributed by atoms with Crippen LogP contribution in [0.4, 0.5) is 0 Å². The topological polar surface area (TPSA) is 124 Å². The Labute approximate surface area is 347 Å². The molecule has 4 aromatic rings. The lowest BCUT2D eigenvalue weighted by atomic mass is 9.82. The van der Waals surface area contributed by atoms with Crippen molar-refractivity contribution in [2.45, 2.75) is 71.6 Å². The van der Waals surface area contributed by atoms with Gasteiger partial charge >= 0.3 is 23.9 Å². The average Bonchev–Trinajstić information content (AvgIpc) is 3.45. The summed E-state index contributed by atoms with van der Waals surface area (Å²) in [7, 11) is 0. The quantitative estimate of drug-likeness (QED) is 0.0328. The molecule has 0 bridgehead atoms. The molecule has 10 nitrogen and oxygen atoms in total. The lowest BCUT2D eigenvalue weighted by Gasteiger charge is -2.22. The molecule has 10 heteroatoms. The SMILES string of the molecule is C=CC(=O)OCCCC(C)CCOc1ccc(C(=O)Oc2ccc3c(c2)C(C)(C)c2cc(OC(=O)c4ccc(OCCC(C)CCCOC(=O)C=C)cc4)ccc2-3)cc1. The molecule has 2 unspecified atom stereocenters. The number of esters is 4. The maximum atomic E-state index is 13.1. The summed E-state index contributed by atoms with van der Waals surface area (Å²) < 4.78 is 33.5. The van der Waals surface area contributed by atoms with Gasteiger partial charge in [0.2, 0.25) is 0 Å². The van der Waals surface area contributed by atoms with Crippen LogP contribution in [0.25, 0.3) is 11.1 Å². The van der Waals surface area contributed by atoms with E-state index in [2.05, 4.69) is 40.9 Å². The third-order valence-electron chi connectivity index (χ3n) is 10.5. The van der Waals surface area contributed by atoms with Crippen LogP contribution in [0, 0.1) is 11.8 Å². The van der Waals surface area contributed by atoms with Crippen LogP contribution in [-0.2, 0) is 24.5 Å². The maximum absolute atomic E-state index is 13.1. The van der Waals surface area contributed by atoms with Crippen LogP contribution in [0.3, 0.4) is 0 Å². The molecular formula is C49H54O10. The van der Waals surface area contributed by atoms with Crippen LogP contribution < -0.4 is 18.9 Å². The van der Waals surface area contributed by atoms with E-state index in [1.807, 2.05) is 24.3 Å². The van der Waals surface area contributed by atoms with Gasteiger partial charge in [0.05, 0.1) is 37.6 Å². The summed E-state index contributed by atoms with van der Waals surface area (Å²) in [6.07, 6.45) is 7.41. The predicted molar refractivity (Wildman–Crippen MR) is 226 cm³/mol. The van der Waals surface area contributed by atoms with Crippen molar-refractivity contribution in [1.29, 1.82) is 0 Å². The normalized spacial score (nSPS) is 13.2. The standard InChI is InChI=1S/C49H54O10/c1-7-45(50)56-27-9-11-33(3)25-29-54-37-17-13-35(14-18-37)47(52)58-39-21-23-41-42-24-22-40(32-44(42)49(5,6)43(41)31-39)59-48(53)36-15-19-38(20-16-36)55-30-26-34(4)12-10-28-57-46(51)8-2/h7-8,13-24,31-34H,1-2,9-12,25-30H2,3-6H3. The summed E-state index contributed by atoms with van der Waals surface area (Å²) in [5, 5.41) is 0. The number of benzene rings is 4. The Morgan fingerprint density at radius 3 is 1.29 bits per heavy atom. The fourth-order valence-electron chi connectivity index (χ4n) is 6.90. The van der Waals surface area contributed by atoms with Gasteiger partial charge in [0.15, 0.2) is 0 Å². The van der Waals surface area contributed by atoms with Crippen molar-refractivity contribution in [3.05, 3.63) is 132 Å². The van der Waals surface area contributed by atoms with Gasteiger partial charge in [-0.1, -0.05) is 53.0 Å². The molecule has 0 spiro atoms. The van der Waals surface area contributed by atoms with Crippen molar-refractivity contribution in [3.63, 3.8) is 0 Å². The second kappa shape index (κ2) is 21.0. The van der Waals surface area contributed by atoms with Crippen LogP contribution in [-0.4, -0.2) is 50.3 Å². The highest BCUT2D eigenvalue weighted by molar-refractivity contribution is 5.92. The molecule has 0 saturated carbocycles. The van der Waals surface area contributed by atoms with Crippen molar-refractivity contribution in [1.82, 2.24) is 0 Å². The Hall–Kier alpha value is -6.16. The second-order valence-corrected chi connectivity index (χ2v) is 15.4. The van der Waals surface area contributed by atoms with Crippen molar-refractivity contribution in [2.75, 3.05) is 26.4 Å². The van der Waals surface area contributed by atoms with Gasteiger partial charge in [-0.25, -0.2) is 19.2 Å². The number of carbonyl (C=O) groups is 4. The number of hydrogen-bond acceptors (Lipinski definition) is 10. The molecular weight excluding hydrogens is 749 g/mol. The first kappa shape index (κ1) is 44.0. The van der Waals surface area contributed by atoms with E-state index >= 15 is 0 Å². The summed E-state index contributed by atoms with van der Waals surface area (Å²) in [5.41, 5.74) is 4.38. The molecule has 0 saturated heterocycles. The molecule has 59 heavy (non-hydrogen) atoms. The molecule has 0 N–H and O–H groups in total. The van der Waals surface area contributed by atoms with E-state index in [0.717, 1.165) is 72.9 Å². The van der Waals surface area contributed by atoms with Crippen molar-refractivity contribution >= 4 is 23.9 Å². The lowest BCUT2D eigenvalue weighted by Crippen LogP contribution is -2.16. The van der Waals surface area contributed by atoms with Gasteiger partial charge in [0.1, 0.15) is 23.0 Å². The molecule has 5 rings (SSSR count). The third kappa shape index (κ3) is 12.4. The highest BCUT2D eigenvalue weighted by atomic mass is 16.5. The van der Waals surface area contributed by atoms with E-state index < -0.39 is 29.3 Å². The minimum Gasteiger partial charge on any atom is -0.494 e. The number of fused-ring (bicyclic) bond motifs is 3. The summed E-state index contributed by atoms with van der Waals surface area (Å²) >= 11 is 0. The Balaban J connectivity index is 1.09. The molecule has 0 aliphatic heterocycles.